The fraction of sp³-hybridized carbons (Fsp3) is 0.500. The molecule has 16 heavy (non-hydrogen) atoms. The fourth-order valence-corrected chi connectivity index (χ4v) is 1.79. The van der Waals surface area contributed by atoms with E-state index in [1.807, 2.05) is 18.2 Å². The van der Waals surface area contributed by atoms with Crippen molar-refractivity contribution in [3.8, 4) is 5.75 Å². The van der Waals surface area contributed by atoms with Gasteiger partial charge < -0.3 is 14.6 Å². The third kappa shape index (κ3) is 2.88. The number of hydrogen-bond acceptors (Lipinski definition) is 3. The van der Waals surface area contributed by atoms with Crippen LogP contribution in [0.4, 0.5) is 0 Å². The zero-order valence-electron chi connectivity index (χ0n) is 8.99. The van der Waals surface area contributed by atoms with Crippen molar-refractivity contribution in [1.29, 1.82) is 0 Å². The Morgan fingerprint density at radius 3 is 2.81 bits per heavy atom. The Labute approximate surface area is 99.9 Å². The minimum absolute atomic E-state index is 0.140. The van der Waals surface area contributed by atoms with Crippen molar-refractivity contribution < 1.29 is 14.6 Å². The molecule has 0 aliphatic carbocycles. The Hall–Kier alpha value is -0.770. The zero-order chi connectivity index (χ0) is 11.4. The second-order valence-electron chi connectivity index (χ2n) is 3.87. The molecule has 4 heteroatoms. The van der Waals surface area contributed by atoms with E-state index in [0.29, 0.717) is 24.0 Å². The summed E-state index contributed by atoms with van der Waals surface area (Å²) in [7, 11) is 0. The molecule has 0 atom stereocenters. The molecule has 1 aromatic carbocycles. The maximum atomic E-state index is 8.74. The standard InChI is InChI=1S/C12H15ClO3/c13-11-6-9(2-1-5-14)3-4-12(11)16-10-7-15-8-10/h3-4,6,10,14H,1-2,5,7-8H2. The van der Waals surface area contributed by atoms with Gasteiger partial charge in [0.05, 0.1) is 18.2 Å². The van der Waals surface area contributed by atoms with Crippen molar-refractivity contribution in [3.05, 3.63) is 28.8 Å². The quantitative estimate of drug-likeness (QED) is 0.859. The average molecular weight is 243 g/mol. The molecule has 1 N–H and O–H groups in total. The fourth-order valence-electron chi connectivity index (χ4n) is 1.54. The first-order valence-electron chi connectivity index (χ1n) is 5.43. The number of ether oxygens (including phenoxy) is 2. The van der Waals surface area contributed by atoms with Crippen LogP contribution in [0.15, 0.2) is 18.2 Å². The molecule has 0 unspecified atom stereocenters. The van der Waals surface area contributed by atoms with Gasteiger partial charge in [0.1, 0.15) is 11.9 Å². The first-order chi connectivity index (χ1) is 7.79. The van der Waals surface area contributed by atoms with Crippen molar-refractivity contribution in [1.82, 2.24) is 0 Å². The lowest BCUT2D eigenvalue weighted by molar-refractivity contribution is -0.0796. The largest absolute Gasteiger partial charge is 0.484 e. The number of aliphatic hydroxyl groups is 1. The van der Waals surface area contributed by atoms with Gasteiger partial charge in [-0.2, -0.15) is 0 Å². The number of hydrogen-bond donors (Lipinski definition) is 1. The third-order valence-electron chi connectivity index (χ3n) is 2.52. The van der Waals surface area contributed by atoms with E-state index < -0.39 is 0 Å². The van der Waals surface area contributed by atoms with Gasteiger partial charge in [-0.25, -0.2) is 0 Å². The Morgan fingerprint density at radius 2 is 2.25 bits per heavy atom. The van der Waals surface area contributed by atoms with Crippen LogP contribution in [-0.2, 0) is 11.2 Å². The molecule has 0 spiro atoms. The van der Waals surface area contributed by atoms with Gasteiger partial charge in [0, 0.05) is 6.61 Å². The highest BCUT2D eigenvalue weighted by Crippen LogP contribution is 2.27. The van der Waals surface area contributed by atoms with E-state index in [9.17, 15) is 0 Å². The Kier molecular flexibility index (Phi) is 4.04. The molecule has 0 aromatic heterocycles. The van der Waals surface area contributed by atoms with Crippen LogP contribution in [0, 0.1) is 0 Å². The molecule has 2 rings (SSSR count). The summed E-state index contributed by atoms with van der Waals surface area (Å²) in [6.45, 7) is 1.49. The van der Waals surface area contributed by atoms with E-state index in [1.54, 1.807) is 0 Å². The second-order valence-corrected chi connectivity index (χ2v) is 4.28. The normalized spacial score (nSPS) is 15.9. The SMILES string of the molecule is OCCCc1ccc(OC2COC2)c(Cl)c1. The summed E-state index contributed by atoms with van der Waals surface area (Å²) >= 11 is 6.11. The first kappa shape index (κ1) is 11.7. The van der Waals surface area contributed by atoms with E-state index in [1.165, 1.54) is 0 Å². The molecule has 0 radical (unpaired) electrons. The van der Waals surface area contributed by atoms with Crippen LogP contribution >= 0.6 is 11.6 Å². The maximum Gasteiger partial charge on any atom is 0.145 e. The van der Waals surface area contributed by atoms with Gasteiger partial charge in [-0.3, -0.25) is 0 Å². The summed E-state index contributed by atoms with van der Waals surface area (Å²) in [5, 5.41) is 9.37. The second kappa shape index (κ2) is 5.53. The summed E-state index contributed by atoms with van der Waals surface area (Å²) in [5.74, 6) is 0.711. The Morgan fingerprint density at radius 1 is 1.44 bits per heavy atom. The lowest BCUT2D eigenvalue weighted by Gasteiger charge is -2.27. The molecular formula is C12H15ClO3. The van der Waals surface area contributed by atoms with Crippen LogP contribution in [0.25, 0.3) is 0 Å². The summed E-state index contributed by atoms with van der Waals surface area (Å²) in [6, 6.07) is 5.76. The summed E-state index contributed by atoms with van der Waals surface area (Å²) in [6.07, 6.45) is 1.73. The van der Waals surface area contributed by atoms with Crippen LogP contribution in [0.1, 0.15) is 12.0 Å². The molecule has 1 aromatic rings. The molecule has 0 bridgehead atoms. The topological polar surface area (TPSA) is 38.7 Å². The van der Waals surface area contributed by atoms with E-state index in [0.717, 1.165) is 18.4 Å². The lowest BCUT2D eigenvalue weighted by atomic mass is 10.1. The number of benzene rings is 1. The molecule has 1 aliphatic heterocycles. The van der Waals surface area contributed by atoms with Crippen LogP contribution in [-0.4, -0.2) is 31.0 Å². The van der Waals surface area contributed by atoms with Crippen molar-refractivity contribution >= 4 is 11.6 Å². The molecule has 3 nitrogen and oxygen atoms in total. The highest BCUT2D eigenvalue weighted by Gasteiger charge is 2.21. The molecule has 0 saturated carbocycles. The van der Waals surface area contributed by atoms with Crippen LogP contribution in [0.2, 0.25) is 5.02 Å². The van der Waals surface area contributed by atoms with Crippen molar-refractivity contribution in [3.63, 3.8) is 0 Å². The summed E-state index contributed by atoms with van der Waals surface area (Å²) in [4.78, 5) is 0. The van der Waals surface area contributed by atoms with Gasteiger partial charge in [-0.1, -0.05) is 17.7 Å². The molecule has 1 saturated heterocycles. The summed E-state index contributed by atoms with van der Waals surface area (Å²) < 4.78 is 10.7. The molecular weight excluding hydrogens is 228 g/mol. The molecule has 1 fully saturated rings. The van der Waals surface area contributed by atoms with E-state index in [2.05, 4.69) is 0 Å². The highest BCUT2D eigenvalue weighted by atomic mass is 35.5. The van der Waals surface area contributed by atoms with Gasteiger partial charge in [0.2, 0.25) is 0 Å². The molecule has 0 amide bonds. The van der Waals surface area contributed by atoms with Crippen LogP contribution in [0.5, 0.6) is 5.75 Å². The van der Waals surface area contributed by atoms with E-state index >= 15 is 0 Å². The van der Waals surface area contributed by atoms with Gasteiger partial charge in [-0.15, -0.1) is 0 Å². The minimum Gasteiger partial charge on any atom is -0.484 e. The number of aryl methyl sites for hydroxylation is 1. The maximum absolute atomic E-state index is 8.74. The van der Waals surface area contributed by atoms with E-state index in [-0.39, 0.29) is 12.7 Å². The lowest BCUT2D eigenvalue weighted by Crippen LogP contribution is -2.38. The molecule has 88 valence electrons. The first-order valence-corrected chi connectivity index (χ1v) is 5.81. The van der Waals surface area contributed by atoms with Crippen molar-refractivity contribution in [2.45, 2.75) is 18.9 Å². The predicted octanol–water partition coefficient (Wildman–Crippen LogP) is 2.04. The number of rotatable bonds is 5. The highest BCUT2D eigenvalue weighted by molar-refractivity contribution is 6.32. The summed E-state index contributed by atoms with van der Waals surface area (Å²) in [5.41, 5.74) is 1.12. The van der Waals surface area contributed by atoms with E-state index in [4.69, 9.17) is 26.2 Å². The van der Waals surface area contributed by atoms with Gasteiger partial charge in [-0.05, 0) is 30.5 Å². The predicted molar refractivity (Wildman–Crippen MR) is 62.1 cm³/mol. The van der Waals surface area contributed by atoms with Gasteiger partial charge in [0.25, 0.3) is 0 Å². The van der Waals surface area contributed by atoms with Crippen molar-refractivity contribution in [2.24, 2.45) is 0 Å². The Bertz CT molecular complexity index is 350. The monoisotopic (exact) mass is 242 g/mol. The van der Waals surface area contributed by atoms with Gasteiger partial charge >= 0.3 is 0 Å². The average Bonchev–Trinajstić information content (AvgIpc) is 2.22. The molecule has 1 heterocycles. The zero-order valence-corrected chi connectivity index (χ0v) is 9.74. The van der Waals surface area contributed by atoms with Crippen LogP contribution in [0.3, 0.4) is 0 Å². The smallest absolute Gasteiger partial charge is 0.145 e. The number of halogens is 1. The Balaban J connectivity index is 1.97. The number of aliphatic hydroxyl groups excluding tert-OH is 1. The van der Waals surface area contributed by atoms with Crippen LogP contribution < -0.4 is 4.74 Å². The third-order valence-corrected chi connectivity index (χ3v) is 2.82. The van der Waals surface area contributed by atoms with Crippen molar-refractivity contribution in [2.75, 3.05) is 19.8 Å². The minimum atomic E-state index is 0.140. The molecule has 1 aliphatic rings. The van der Waals surface area contributed by atoms with Gasteiger partial charge in [0.15, 0.2) is 0 Å².